The van der Waals surface area contributed by atoms with Crippen LogP contribution in [0, 0.1) is 0 Å². The van der Waals surface area contributed by atoms with Crippen molar-refractivity contribution in [1.29, 1.82) is 0 Å². The molecule has 0 saturated heterocycles. The Kier molecular flexibility index (Phi) is 3.39. The Bertz CT molecular complexity index is 773. The zero-order chi connectivity index (χ0) is 14.7. The van der Waals surface area contributed by atoms with E-state index in [0.29, 0.717) is 22.6 Å². The molecule has 0 aliphatic heterocycles. The van der Waals surface area contributed by atoms with Gasteiger partial charge in [-0.1, -0.05) is 30.3 Å². The minimum atomic E-state index is -0.531. The molecule has 0 aliphatic rings. The molecule has 0 radical (unpaired) electrons. The molecule has 0 aliphatic carbocycles. The summed E-state index contributed by atoms with van der Waals surface area (Å²) in [5.74, 6) is -0.102. The van der Waals surface area contributed by atoms with Crippen LogP contribution in [0.3, 0.4) is 0 Å². The summed E-state index contributed by atoms with van der Waals surface area (Å²) in [5, 5.41) is 0. The van der Waals surface area contributed by atoms with Gasteiger partial charge in [0.25, 0.3) is 0 Å². The largest absolute Gasteiger partial charge is 0.366 e. The molecule has 5 nitrogen and oxygen atoms in total. The van der Waals surface area contributed by atoms with Gasteiger partial charge < -0.3 is 5.73 Å². The molecule has 3 rings (SSSR count). The molecule has 2 N–H and O–H groups in total. The molecule has 0 fully saturated rings. The Balaban J connectivity index is 2.31. The summed E-state index contributed by atoms with van der Waals surface area (Å²) in [4.78, 5) is 24.5. The third-order valence-electron chi connectivity index (χ3n) is 3.05. The number of primary amides is 1. The number of pyridine rings is 1. The van der Waals surface area contributed by atoms with Crippen molar-refractivity contribution in [2.45, 2.75) is 0 Å². The summed E-state index contributed by atoms with van der Waals surface area (Å²) in [6, 6.07) is 12.9. The maximum Gasteiger partial charge on any atom is 0.249 e. The minimum absolute atomic E-state index is 0.357. The van der Waals surface area contributed by atoms with E-state index >= 15 is 0 Å². The molecule has 0 saturated carbocycles. The normalized spacial score (nSPS) is 10.3. The second-order valence-corrected chi connectivity index (χ2v) is 4.38. The number of amides is 1. The van der Waals surface area contributed by atoms with Gasteiger partial charge in [-0.05, 0) is 12.1 Å². The molecule has 0 spiro atoms. The smallest absolute Gasteiger partial charge is 0.249 e. The summed E-state index contributed by atoms with van der Waals surface area (Å²) < 4.78 is 0. The van der Waals surface area contributed by atoms with Crippen molar-refractivity contribution < 1.29 is 4.79 Å². The topological polar surface area (TPSA) is 81.8 Å². The van der Waals surface area contributed by atoms with Crippen LogP contribution in [0.5, 0.6) is 0 Å². The molecular weight excluding hydrogens is 264 g/mol. The summed E-state index contributed by atoms with van der Waals surface area (Å²) in [5.41, 5.74) is 7.90. The molecule has 3 aromatic rings. The van der Waals surface area contributed by atoms with Crippen LogP contribution in [0.1, 0.15) is 10.4 Å². The summed E-state index contributed by atoms with van der Waals surface area (Å²) >= 11 is 0. The zero-order valence-electron chi connectivity index (χ0n) is 11.1. The fraction of sp³-hybridized carbons (Fsp3) is 0. The lowest BCUT2D eigenvalue weighted by Crippen LogP contribution is -2.14. The van der Waals surface area contributed by atoms with Crippen molar-refractivity contribution in [3.8, 4) is 22.6 Å². The van der Waals surface area contributed by atoms with E-state index in [-0.39, 0.29) is 0 Å². The highest BCUT2D eigenvalue weighted by Crippen LogP contribution is 2.30. The Morgan fingerprint density at radius 2 is 1.57 bits per heavy atom. The molecule has 2 aromatic heterocycles. The SMILES string of the molecule is NC(=O)c1ccnc(-c2ccccc2)c1-c1ncccn1. The molecule has 1 aromatic carbocycles. The van der Waals surface area contributed by atoms with Gasteiger partial charge in [-0.2, -0.15) is 0 Å². The molecule has 2 heterocycles. The highest BCUT2D eigenvalue weighted by molar-refractivity contribution is 6.02. The van der Waals surface area contributed by atoms with E-state index in [9.17, 15) is 4.79 Å². The van der Waals surface area contributed by atoms with Gasteiger partial charge in [-0.25, -0.2) is 9.97 Å². The molecule has 0 bridgehead atoms. The van der Waals surface area contributed by atoms with E-state index in [0.717, 1.165) is 5.56 Å². The van der Waals surface area contributed by atoms with Crippen LogP contribution in [0.4, 0.5) is 0 Å². The van der Waals surface area contributed by atoms with Crippen LogP contribution in [-0.2, 0) is 0 Å². The average Bonchev–Trinajstić information content (AvgIpc) is 2.55. The van der Waals surface area contributed by atoms with Gasteiger partial charge in [0.2, 0.25) is 5.91 Å². The van der Waals surface area contributed by atoms with Crippen molar-refractivity contribution in [3.05, 3.63) is 66.6 Å². The maximum absolute atomic E-state index is 11.7. The standard InChI is InChI=1S/C16H12N4O/c17-15(21)12-7-10-18-14(11-5-2-1-3-6-11)13(12)16-19-8-4-9-20-16/h1-10H,(H2,17,21). The van der Waals surface area contributed by atoms with E-state index in [2.05, 4.69) is 15.0 Å². The first-order valence-corrected chi connectivity index (χ1v) is 6.39. The number of rotatable bonds is 3. The van der Waals surface area contributed by atoms with Crippen LogP contribution in [-0.4, -0.2) is 20.9 Å². The summed E-state index contributed by atoms with van der Waals surface area (Å²) in [6.45, 7) is 0. The zero-order valence-corrected chi connectivity index (χ0v) is 11.1. The lowest BCUT2D eigenvalue weighted by atomic mass is 10.00. The van der Waals surface area contributed by atoms with Gasteiger partial charge in [0.1, 0.15) is 0 Å². The molecule has 1 amide bonds. The van der Waals surface area contributed by atoms with Gasteiger partial charge in [-0.3, -0.25) is 9.78 Å². The van der Waals surface area contributed by atoms with E-state index in [1.54, 1.807) is 30.7 Å². The molecule has 102 valence electrons. The average molecular weight is 276 g/mol. The van der Waals surface area contributed by atoms with Crippen molar-refractivity contribution in [2.75, 3.05) is 0 Å². The minimum Gasteiger partial charge on any atom is -0.366 e. The first-order valence-electron chi connectivity index (χ1n) is 6.39. The van der Waals surface area contributed by atoms with E-state index in [1.807, 2.05) is 30.3 Å². The second-order valence-electron chi connectivity index (χ2n) is 4.38. The van der Waals surface area contributed by atoms with Crippen LogP contribution in [0.2, 0.25) is 0 Å². The summed E-state index contributed by atoms with van der Waals surface area (Å²) in [7, 11) is 0. The van der Waals surface area contributed by atoms with Gasteiger partial charge in [0, 0.05) is 24.2 Å². The lowest BCUT2D eigenvalue weighted by Gasteiger charge is -2.11. The Morgan fingerprint density at radius 1 is 0.857 bits per heavy atom. The van der Waals surface area contributed by atoms with Crippen molar-refractivity contribution in [2.24, 2.45) is 5.73 Å². The van der Waals surface area contributed by atoms with E-state index < -0.39 is 5.91 Å². The highest BCUT2D eigenvalue weighted by Gasteiger charge is 2.18. The predicted molar refractivity (Wildman–Crippen MR) is 79.2 cm³/mol. The van der Waals surface area contributed by atoms with Crippen molar-refractivity contribution >= 4 is 5.91 Å². The fourth-order valence-electron chi connectivity index (χ4n) is 2.14. The third-order valence-corrected chi connectivity index (χ3v) is 3.05. The first-order chi connectivity index (χ1) is 10.3. The molecule has 0 unspecified atom stereocenters. The monoisotopic (exact) mass is 276 g/mol. The number of benzene rings is 1. The molecule has 0 atom stereocenters. The number of aromatic nitrogens is 3. The van der Waals surface area contributed by atoms with Gasteiger partial charge in [0.05, 0.1) is 16.8 Å². The van der Waals surface area contributed by atoms with Crippen LogP contribution in [0.15, 0.2) is 61.1 Å². The Morgan fingerprint density at radius 3 is 2.24 bits per heavy atom. The van der Waals surface area contributed by atoms with Gasteiger partial charge in [-0.15, -0.1) is 0 Å². The first kappa shape index (κ1) is 12.9. The Hall–Kier alpha value is -3.08. The van der Waals surface area contributed by atoms with E-state index in [1.165, 1.54) is 0 Å². The Labute approximate surface area is 121 Å². The van der Waals surface area contributed by atoms with Crippen LogP contribution < -0.4 is 5.73 Å². The summed E-state index contributed by atoms with van der Waals surface area (Å²) in [6.07, 6.45) is 4.80. The second kappa shape index (κ2) is 5.50. The molecule has 21 heavy (non-hydrogen) atoms. The van der Waals surface area contributed by atoms with Crippen LogP contribution >= 0.6 is 0 Å². The lowest BCUT2D eigenvalue weighted by molar-refractivity contribution is 0.100. The predicted octanol–water partition coefficient (Wildman–Crippen LogP) is 2.30. The highest BCUT2D eigenvalue weighted by atomic mass is 16.1. The number of carbonyl (C=O) groups is 1. The van der Waals surface area contributed by atoms with Crippen molar-refractivity contribution in [3.63, 3.8) is 0 Å². The number of nitrogens with zero attached hydrogens (tertiary/aromatic N) is 3. The number of nitrogens with two attached hydrogens (primary N) is 1. The van der Waals surface area contributed by atoms with Gasteiger partial charge in [0.15, 0.2) is 5.82 Å². The number of carbonyl (C=O) groups excluding carboxylic acids is 1. The fourth-order valence-corrected chi connectivity index (χ4v) is 2.14. The number of hydrogen-bond acceptors (Lipinski definition) is 4. The number of hydrogen-bond donors (Lipinski definition) is 1. The maximum atomic E-state index is 11.7. The van der Waals surface area contributed by atoms with Crippen molar-refractivity contribution in [1.82, 2.24) is 15.0 Å². The van der Waals surface area contributed by atoms with Gasteiger partial charge >= 0.3 is 0 Å². The van der Waals surface area contributed by atoms with Crippen LogP contribution in [0.25, 0.3) is 22.6 Å². The third kappa shape index (κ3) is 2.49. The van der Waals surface area contributed by atoms with E-state index in [4.69, 9.17) is 5.73 Å². The quantitative estimate of drug-likeness (QED) is 0.795. The molecular formula is C16H12N4O. The molecule has 5 heteroatoms.